The molecule has 2 rings (SSSR count). The van der Waals surface area contributed by atoms with Crippen molar-refractivity contribution < 1.29 is 59.5 Å². The molecule has 0 radical (unpaired) electrons. The SMILES string of the molecule is CCCCC/C=C\C/C=C\CCCCCC(=O)OC[C@H]1O[C@@](CO)(O[C@H]2O[C@H](CO)[C@@H](O)[C@H](O)[C@H]2O)[C@@H](O)[C@@H]1O. The summed E-state index contributed by atoms with van der Waals surface area (Å²) >= 11 is 0. The highest BCUT2D eigenvalue weighted by Gasteiger charge is 2.58. The van der Waals surface area contributed by atoms with E-state index in [-0.39, 0.29) is 6.42 Å². The predicted molar refractivity (Wildman–Crippen MR) is 143 cm³/mol. The molecular formula is C28H48O12. The first-order valence-corrected chi connectivity index (χ1v) is 14.3. The maximum atomic E-state index is 12.2. The fourth-order valence-corrected chi connectivity index (χ4v) is 4.59. The number of allylic oxidation sites excluding steroid dienone is 4. The Labute approximate surface area is 235 Å². The molecule has 0 aromatic carbocycles. The van der Waals surface area contributed by atoms with E-state index in [0.29, 0.717) is 6.42 Å². The van der Waals surface area contributed by atoms with Crippen molar-refractivity contribution in [1.82, 2.24) is 0 Å². The normalized spacial score (nSPS) is 34.7. The van der Waals surface area contributed by atoms with E-state index in [4.69, 9.17) is 18.9 Å². The molecule has 2 fully saturated rings. The number of hydrogen-bond acceptors (Lipinski definition) is 12. The van der Waals surface area contributed by atoms with Crippen LogP contribution in [0.3, 0.4) is 0 Å². The van der Waals surface area contributed by atoms with Crippen LogP contribution in [-0.4, -0.2) is 116 Å². The molecule has 2 aliphatic rings. The zero-order valence-electron chi connectivity index (χ0n) is 23.3. The molecule has 7 N–H and O–H groups in total. The summed E-state index contributed by atoms with van der Waals surface area (Å²) in [5, 5.41) is 70.3. The topological polar surface area (TPSA) is 196 Å². The van der Waals surface area contributed by atoms with Gasteiger partial charge in [0.25, 0.3) is 0 Å². The smallest absolute Gasteiger partial charge is 0.305 e. The fraction of sp³-hybridized carbons (Fsp3) is 0.821. The van der Waals surface area contributed by atoms with E-state index in [1.807, 2.05) is 0 Å². The first-order chi connectivity index (χ1) is 19.2. The fourth-order valence-electron chi connectivity index (χ4n) is 4.59. The Morgan fingerprint density at radius 3 is 2.12 bits per heavy atom. The Balaban J connectivity index is 1.70. The van der Waals surface area contributed by atoms with Gasteiger partial charge in [0.1, 0.15) is 55.9 Å². The second kappa shape index (κ2) is 18.2. The van der Waals surface area contributed by atoms with Gasteiger partial charge in [0.05, 0.1) is 6.61 Å². The van der Waals surface area contributed by atoms with Crippen molar-refractivity contribution in [2.24, 2.45) is 0 Å². The third kappa shape index (κ3) is 10.1. The first-order valence-electron chi connectivity index (χ1n) is 14.3. The summed E-state index contributed by atoms with van der Waals surface area (Å²) < 4.78 is 21.4. The van der Waals surface area contributed by atoms with Gasteiger partial charge < -0.3 is 54.7 Å². The van der Waals surface area contributed by atoms with Crippen molar-refractivity contribution in [3.8, 4) is 0 Å². The maximum absolute atomic E-state index is 12.2. The highest BCUT2D eigenvalue weighted by atomic mass is 16.8. The van der Waals surface area contributed by atoms with Crippen molar-refractivity contribution >= 4 is 5.97 Å². The van der Waals surface area contributed by atoms with Gasteiger partial charge in [-0.15, -0.1) is 0 Å². The Hall–Kier alpha value is -1.45. The van der Waals surface area contributed by atoms with Crippen molar-refractivity contribution in [1.29, 1.82) is 0 Å². The third-order valence-electron chi connectivity index (χ3n) is 7.13. The molecule has 0 aromatic rings. The van der Waals surface area contributed by atoms with Gasteiger partial charge >= 0.3 is 5.97 Å². The first kappa shape index (κ1) is 34.7. The number of unbranched alkanes of at least 4 members (excludes halogenated alkanes) is 6. The predicted octanol–water partition coefficient (Wildman–Crippen LogP) is 0.189. The van der Waals surface area contributed by atoms with E-state index in [9.17, 15) is 40.5 Å². The molecule has 0 aliphatic carbocycles. The third-order valence-corrected chi connectivity index (χ3v) is 7.13. The minimum atomic E-state index is -2.29. The molecule has 9 atom stereocenters. The van der Waals surface area contributed by atoms with Gasteiger partial charge in [-0.2, -0.15) is 0 Å². The second-order valence-corrected chi connectivity index (χ2v) is 10.3. The van der Waals surface area contributed by atoms with Crippen molar-refractivity contribution in [2.75, 3.05) is 19.8 Å². The quantitative estimate of drug-likeness (QED) is 0.0666. The average molecular weight is 577 g/mol. The van der Waals surface area contributed by atoms with E-state index in [1.165, 1.54) is 19.3 Å². The van der Waals surface area contributed by atoms with E-state index < -0.39 is 80.6 Å². The lowest BCUT2D eigenvalue weighted by atomic mass is 9.99. The number of carbonyl (C=O) groups is 1. The standard InChI is InChI=1S/C28H48O12/c1-2-3-4-5-6-7-8-9-10-11-12-13-14-15-21(31)37-17-20-23(33)26(36)28(18-30,39-20)40-27-25(35)24(34)22(32)19(16-29)38-27/h6-7,9-10,19-20,22-27,29-30,32-36H,2-5,8,11-18H2,1H3/b7-6-,10-9-/t19-,20-,22-,23-,24+,25-,26+,27-,28+/m1/s1. The van der Waals surface area contributed by atoms with Gasteiger partial charge in [-0.1, -0.05) is 50.5 Å². The van der Waals surface area contributed by atoms with Crippen molar-refractivity contribution in [3.63, 3.8) is 0 Å². The van der Waals surface area contributed by atoms with Crippen LogP contribution < -0.4 is 0 Å². The zero-order valence-corrected chi connectivity index (χ0v) is 23.3. The second-order valence-electron chi connectivity index (χ2n) is 10.3. The summed E-state index contributed by atoms with van der Waals surface area (Å²) in [5.41, 5.74) is 0. The molecule has 0 bridgehead atoms. The van der Waals surface area contributed by atoms with Crippen LogP contribution in [0.2, 0.25) is 0 Å². The van der Waals surface area contributed by atoms with Crippen molar-refractivity contribution in [3.05, 3.63) is 24.3 Å². The zero-order chi connectivity index (χ0) is 29.5. The average Bonchev–Trinajstić information content (AvgIpc) is 3.19. The number of rotatable bonds is 18. The summed E-state index contributed by atoms with van der Waals surface area (Å²) in [6.45, 7) is 0.0618. The van der Waals surface area contributed by atoms with Crippen LogP contribution >= 0.6 is 0 Å². The van der Waals surface area contributed by atoms with Gasteiger partial charge in [-0.05, 0) is 38.5 Å². The molecule has 0 spiro atoms. The van der Waals surface area contributed by atoms with Gasteiger partial charge in [0, 0.05) is 6.42 Å². The molecule has 0 aromatic heterocycles. The van der Waals surface area contributed by atoms with Gasteiger partial charge in [-0.25, -0.2) is 0 Å². The summed E-state index contributed by atoms with van der Waals surface area (Å²) in [7, 11) is 0. The largest absolute Gasteiger partial charge is 0.463 e. The van der Waals surface area contributed by atoms with Gasteiger partial charge in [0.15, 0.2) is 6.29 Å². The van der Waals surface area contributed by atoms with E-state index in [2.05, 4.69) is 31.2 Å². The molecule has 2 aliphatic heterocycles. The molecule has 2 saturated heterocycles. The summed E-state index contributed by atoms with van der Waals surface area (Å²) in [4.78, 5) is 12.2. The highest BCUT2D eigenvalue weighted by molar-refractivity contribution is 5.69. The lowest BCUT2D eigenvalue weighted by Crippen LogP contribution is -2.62. The number of aliphatic hydroxyl groups excluding tert-OH is 7. The molecule has 0 unspecified atom stereocenters. The van der Waals surface area contributed by atoms with Crippen molar-refractivity contribution in [2.45, 2.75) is 126 Å². The number of hydrogen-bond donors (Lipinski definition) is 7. The number of ether oxygens (including phenoxy) is 4. The minimum Gasteiger partial charge on any atom is -0.463 e. The maximum Gasteiger partial charge on any atom is 0.305 e. The summed E-state index contributed by atoms with van der Waals surface area (Å²) in [6, 6.07) is 0. The molecule has 40 heavy (non-hydrogen) atoms. The molecule has 12 heteroatoms. The van der Waals surface area contributed by atoms with Crippen LogP contribution in [0.4, 0.5) is 0 Å². The Kier molecular flexibility index (Phi) is 15.8. The lowest BCUT2D eigenvalue weighted by molar-refractivity contribution is -0.383. The van der Waals surface area contributed by atoms with Crippen LogP contribution in [0.15, 0.2) is 24.3 Å². The van der Waals surface area contributed by atoms with Crippen LogP contribution in [0.1, 0.15) is 71.1 Å². The number of carbonyl (C=O) groups excluding carboxylic acids is 1. The lowest BCUT2D eigenvalue weighted by Gasteiger charge is -2.43. The number of aliphatic hydroxyl groups is 7. The molecule has 12 nitrogen and oxygen atoms in total. The Bertz CT molecular complexity index is 774. The summed E-state index contributed by atoms with van der Waals surface area (Å²) in [6.07, 6.45) is 5.00. The van der Waals surface area contributed by atoms with Gasteiger partial charge in [0.2, 0.25) is 5.79 Å². The highest BCUT2D eigenvalue weighted by Crippen LogP contribution is 2.36. The Morgan fingerprint density at radius 1 is 0.825 bits per heavy atom. The molecular weight excluding hydrogens is 528 g/mol. The van der Waals surface area contributed by atoms with Gasteiger partial charge in [-0.3, -0.25) is 4.79 Å². The van der Waals surface area contributed by atoms with Crippen LogP contribution in [0, 0.1) is 0 Å². The molecule has 0 saturated carbocycles. The molecule has 0 amide bonds. The monoisotopic (exact) mass is 576 g/mol. The van der Waals surface area contributed by atoms with Crippen LogP contribution in [-0.2, 0) is 23.7 Å². The van der Waals surface area contributed by atoms with E-state index in [0.717, 1.165) is 32.1 Å². The van der Waals surface area contributed by atoms with E-state index in [1.54, 1.807) is 0 Å². The van der Waals surface area contributed by atoms with Crippen LogP contribution in [0.5, 0.6) is 0 Å². The minimum absolute atomic E-state index is 0.169. The molecule has 232 valence electrons. The number of esters is 1. The Morgan fingerprint density at radius 2 is 1.50 bits per heavy atom. The molecule has 2 heterocycles. The van der Waals surface area contributed by atoms with E-state index >= 15 is 0 Å². The van der Waals surface area contributed by atoms with Crippen LogP contribution in [0.25, 0.3) is 0 Å². The summed E-state index contributed by atoms with van der Waals surface area (Å²) in [5.74, 6) is -2.80.